The summed E-state index contributed by atoms with van der Waals surface area (Å²) < 4.78 is 1.01. The van der Waals surface area contributed by atoms with Crippen LogP contribution in [-0.2, 0) is 11.2 Å². The third-order valence-corrected chi connectivity index (χ3v) is 8.54. The van der Waals surface area contributed by atoms with E-state index in [4.69, 9.17) is 5.21 Å². The summed E-state index contributed by atoms with van der Waals surface area (Å²) >= 11 is 5.58. The second-order valence-electron chi connectivity index (χ2n) is 3.99. The fourth-order valence-electron chi connectivity index (χ4n) is 1.62. The van der Waals surface area contributed by atoms with Gasteiger partial charge in [0.2, 0.25) is 0 Å². The summed E-state index contributed by atoms with van der Waals surface area (Å²) in [5.74, 6) is 0.710. The molecule has 1 aromatic rings. The van der Waals surface area contributed by atoms with E-state index in [1.54, 1.807) is 0 Å². The molecule has 1 aliphatic rings. The molecule has 1 amide bonds. The van der Waals surface area contributed by atoms with Gasteiger partial charge in [0.1, 0.15) is 0 Å². The van der Waals surface area contributed by atoms with E-state index < -0.39 is 0 Å². The first-order valence-electron chi connectivity index (χ1n) is 5.69. The van der Waals surface area contributed by atoms with Crippen LogP contribution < -0.4 is 5.32 Å². The maximum atomic E-state index is 12.0. The Morgan fingerprint density at radius 3 is 3.05 bits per heavy atom. The fraction of sp³-hybridized carbons (Fsp3) is 0.455. The first-order valence-corrected chi connectivity index (χ1v) is 11.5. The van der Waals surface area contributed by atoms with Crippen molar-refractivity contribution in [3.05, 3.63) is 20.8 Å². The zero-order valence-corrected chi connectivity index (χ0v) is 14.9. The van der Waals surface area contributed by atoms with Crippen molar-refractivity contribution in [2.75, 3.05) is 5.75 Å². The summed E-state index contributed by atoms with van der Waals surface area (Å²) in [6.07, 6.45) is 1.39. The van der Waals surface area contributed by atoms with Crippen molar-refractivity contribution < 1.29 is 10.0 Å². The molecule has 1 aliphatic heterocycles. The van der Waals surface area contributed by atoms with Gasteiger partial charge in [-0.2, -0.15) is 0 Å². The Kier molecular flexibility index (Phi) is 6.22. The third-order valence-electron chi connectivity index (χ3n) is 2.59. The second kappa shape index (κ2) is 7.69. The average Bonchev–Trinajstić information content (AvgIpc) is 2.82. The van der Waals surface area contributed by atoms with Gasteiger partial charge in [-0.3, -0.25) is 0 Å². The standard InChI is InChI=1S/C11H13BrN2O2S2Se/c12-10-2-1-8(18-10)5-9(14-16)11(15)13-7-3-4-19-17-6-7/h1-2,7,16H,3-6H2,(H,13,15)/b14-9+. The summed E-state index contributed by atoms with van der Waals surface area (Å²) in [5.41, 5.74) is 0.176. The zero-order chi connectivity index (χ0) is 13.7. The average molecular weight is 428 g/mol. The SMILES string of the molecule is O=C(NC1CC[Se]SC1)/C(Cc1ccc(Br)s1)=N/O. The Morgan fingerprint density at radius 1 is 1.63 bits per heavy atom. The maximum absolute atomic E-state index is 12.0. The Balaban J connectivity index is 1.91. The Bertz CT molecular complexity index is 475. The molecule has 2 N–H and O–H groups in total. The van der Waals surface area contributed by atoms with Crippen LogP contribution in [0.4, 0.5) is 0 Å². The number of rotatable bonds is 4. The van der Waals surface area contributed by atoms with E-state index in [-0.39, 0.29) is 17.7 Å². The van der Waals surface area contributed by atoms with Crippen LogP contribution in [0.1, 0.15) is 11.3 Å². The van der Waals surface area contributed by atoms with E-state index in [0.717, 1.165) is 20.8 Å². The van der Waals surface area contributed by atoms with Crippen molar-refractivity contribution >= 4 is 62.9 Å². The van der Waals surface area contributed by atoms with Gasteiger partial charge in [-0.05, 0) is 0 Å². The molecule has 8 heteroatoms. The Labute approximate surface area is 133 Å². The second-order valence-corrected chi connectivity index (χ2v) is 11.2. The van der Waals surface area contributed by atoms with Crippen LogP contribution in [0.15, 0.2) is 21.1 Å². The summed E-state index contributed by atoms with van der Waals surface area (Å²) in [6.45, 7) is 0. The number of hydrogen-bond donors (Lipinski definition) is 2. The summed E-state index contributed by atoms with van der Waals surface area (Å²) in [7, 11) is 1.91. The Hall–Kier alpha value is -0.0105. The molecule has 0 aromatic carbocycles. The van der Waals surface area contributed by atoms with Gasteiger partial charge in [-0.25, -0.2) is 0 Å². The van der Waals surface area contributed by atoms with Gasteiger partial charge in [0.25, 0.3) is 0 Å². The number of carbonyl (C=O) groups excluding carboxylic acids is 1. The summed E-state index contributed by atoms with van der Waals surface area (Å²) in [6, 6.07) is 4.05. The van der Waals surface area contributed by atoms with E-state index in [0.29, 0.717) is 20.3 Å². The minimum atomic E-state index is -0.257. The number of oxime groups is 1. The number of nitrogens with one attached hydrogen (secondary N) is 1. The molecule has 1 atom stereocenters. The van der Waals surface area contributed by atoms with Crippen LogP contribution in [-0.4, -0.2) is 42.5 Å². The van der Waals surface area contributed by atoms with E-state index in [1.807, 2.05) is 22.3 Å². The van der Waals surface area contributed by atoms with Crippen LogP contribution in [0, 0.1) is 0 Å². The van der Waals surface area contributed by atoms with Crippen LogP contribution in [0.3, 0.4) is 0 Å². The molecular formula is C11H13BrN2O2S2Se. The molecule has 1 fully saturated rings. The van der Waals surface area contributed by atoms with Gasteiger partial charge >= 0.3 is 134 Å². The summed E-state index contributed by atoms with van der Waals surface area (Å²) in [5, 5.41) is 16.3. The number of nitrogens with zero attached hydrogens (tertiary/aromatic N) is 1. The third kappa shape index (κ3) is 4.79. The van der Waals surface area contributed by atoms with E-state index >= 15 is 0 Å². The molecule has 1 unspecified atom stereocenters. The van der Waals surface area contributed by atoms with Crippen LogP contribution in [0.5, 0.6) is 0 Å². The number of hydrogen-bond acceptors (Lipinski definition) is 5. The predicted molar refractivity (Wildman–Crippen MR) is 84.5 cm³/mol. The molecule has 0 saturated carbocycles. The number of carbonyl (C=O) groups is 1. The van der Waals surface area contributed by atoms with Crippen LogP contribution in [0.2, 0.25) is 5.32 Å². The molecule has 0 aliphatic carbocycles. The molecule has 0 spiro atoms. The van der Waals surface area contributed by atoms with Crippen molar-refractivity contribution in [1.29, 1.82) is 0 Å². The minimum absolute atomic E-state index is 0.176. The number of thiophene rings is 1. The van der Waals surface area contributed by atoms with Gasteiger partial charge < -0.3 is 0 Å². The van der Waals surface area contributed by atoms with Crippen molar-refractivity contribution in [2.45, 2.75) is 24.2 Å². The van der Waals surface area contributed by atoms with Crippen molar-refractivity contribution in [3.8, 4) is 0 Å². The molecule has 0 radical (unpaired) electrons. The predicted octanol–water partition coefficient (Wildman–Crippen LogP) is 2.54. The van der Waals surface area contributed by atoms with Crippen LogP contribution >= 0.6 is 37.4 Å². The Morgan fingerprint density at radius 2 is 2.47 bits per heavy atom. The molecule has 1 saturated heterocycles. The normalized spacial score (nSPS) is 20.3. The molecule has 2 rings (SSSR count). The van der Waals surface area contributed by atoms with Crippen molar-refractivity contribution in [3.63, 3.8) is 0 Å². The molecule has 104 valence electrons. The quantitative estimate of drug-likeness (QED) is 0.336. The van der Waals surface area contributed by atoms with Gasteiger partial charge in [-0.15, -0.1) is 0 Å². The first-order chi connectivity index (χ1) is 9.19. The number of amides is 1. The zero-order valence-electron chi connectivity index (χ0n) is 9.97. The monoisotopic (exact) mass is 428 g/mol. The first kappa shape index (κ1) is 15.4. The molecular weight excluding hydrogens is 415 g/mol. The molecule has 0 bridgehead atoms. The van der Waals surface area contributed by atoms with Crippen molar-refractivity contribution in [2.24, 2.45) is 5.16 Å². The van der Waals surface area contributed by atoms with Gasteiger partial charge in [-0.1, -0.05) is 0 Å². The summed E-state index contributed by atoms with van der Waals surface area (Å²) in [4.78, 5) is 13.0. The van der Waals surface area contributed by atoms with Crippen LogP contribution in [0.25, 0.3) is 0 Å². The van der Waals surface area contributed by atoms with Gasteiger partial charge in [0.05, 0.1) is 0 Å². The molecule has 19 heavy (non-hydrogen) atoms. The van der Waals surface area contributed by atoms with Gasteiger partial charge in [0, 0.05) is 0 Å². The molecule has 4 nitrogen and oxygen atoms in total. The topological polar surface area (TPSA) is 61.7 Å². The van der Waals surface area contributed by atoms with E-state index in [9.17, 15) is 4.79 Å². The van der Waals surface area contributed by atoms with Gasteiger partial charge in [0.15, 0.2) is 0 Å². The molecule has 2 heterocycles. The van der Waals surface area contributed by atoms with E-state index in [2.05, 4.69) is 26.4 Å². The van der Waals surface area contributed by atoms with Crippen molar-refractivity contribution in [1.82, 2.24) is 5.32 Å². The fourth-order valence-corrected chi connectivity index (χ4v) is 7.41. The number of halogens is 1. The molecule has 1 aromatic heterocycles. The van der Waals surface area contributed by atoms with E-state index in [1.165, 1.54) is 16.7 Å².